The first-order valence-corrected chi connectivity index (χ1v) is 8.04. The maximum atomic E-state index is 12.4. The molecule has 1 aromatic carbocycles. The Balaban J connectivity index is 2.99. The predicted molar refractivity (Wildman–Crippen MR) is 93.1 cm³/mol. The molecule has 1 N–H and O–H groups in total. The van der Waals surface area contributed by atoms with Gasteiger partial charge in [-0.05, 0) is 44.5 Å². The topological polar surface area (TPSA) is 67.9 Å². The third-order valence-electron chi connectivity index (χ3n) is 3.01. The molecule has 1 aromatic rings. The van der Waals surface area contributed by atoms with Gasteiger partial charge in [0.05, 0.1) is 7.11 Å². The monoisotopic (exact) mass is 376 g/mol. The number of hydroxylamine groups is 2. The molecular formula is C16H22Cl2N2O4. The quantitative estimate of drug-likeness (QED) is 0.799. The largest absolute Gasteiger partial charge is 0.444 e. The molecule has 0 saturated heterocycles. The van der Waals surface area contributed by atoms with Crippen molar-refractivity contribution in [1.29, 1.82) is 0 Å². The number of likely N-dealkylation sites (N-methyl/N-ethyl adjacent to an activating group) is 1. The van der Waals surface area contributed by atoms with Crippen molar-refractivity contribution in [1.82, 2.24) is 10.4 Å². The fourth-order valence-electron chi connectivity index (χ4n) is 1.88. The van der Waals surface area contributed by atoms with Crippen molar-refractivity contribution in [2.75, 3.05) is 14.2 Å². The number of benzene rings is 1. The van der Waals surface area contributed by atoms with Crippen LogP contribution in [-0.2, 0) is 20.8 Å². The summed E-state index contributed by atoms with van der Waals surface area (Å²) in [5.41, 5.74) is -0.0542. The summed E-state index contributed by atoms with van der Waals surface area (Å²) >= 11 is 12.1. The fraction of sp³-hybridized carbons (Fsp3) is 0.500. The first-order chi connectivity index (χ1) is 11.0. The summed E-state index contributed by atoms with van der Waals surface area (Å²) in [5, 5.41) is 4.51. The van der Waals surface area contributed by atoms with E-state index in [1.807, 2.05) is 0 Å². The van der Waals surface area contributed by atoms with Crippen molar-refractivity contribution in [2.24, 2.45) is 0 Å². The van der Waals surface area contributed by atoms with Gasteiger partial charge < -0.3 is 10.1 Å². The molecule has 0 spiro atoms. The highest BCUT2D eigenvalue weighted by molar-refractivity contribution is 6.33. The van der Waals surface area contributed by atoms with E-state index in [0.29, 0.717) is 15.6 Å². The summed E-state index contributed by atoms with van der Waals surface area (Å²) in [6.45, 7) is 5.20. The van der Waals surface area contributed by atoms with Crippen molar-refractivity contribution >= 4 is 35.2 Å². The van der Waals surface area contributed by atoms with Gasteiger partial charge in [-0.2, -0.15) is 0 Å². The van der Waals surface area contributed by atoms with Gasteiger partial charge in [-0.1, -0.05) is 23.2 Å². The Labute approximate surface area is 152 Å². The van der Waals surface area contributed by atoms with Crippen LogP contribution in [0.1, 0.15) is 26.3 Å². The lowest BCUT2D eigenvalue weighted by Gasteiger charge is -2.25. The van der Waals surface area contributed by atoms with Gasteiger partial charge in [0.2, 0.25) is 0 Å². The molecule has 134 valence electrons. The summed E-state index contributed by atoms with van der Waals surface area (Å²) in [6.07, 6.45) is -0.561. The minimum absolute atomic E-state index is 0.144. The zero-order chi connectivity index (χ0) is 18.5. The van der Waals surface area contributed by atoms with Crippen molar-refractivity contribution in [2.45, 2.75) is 38.8 Å². The van der Waals surface area contributed by atoms with E-state index in [1.54, 1.807) is 39.0 Å². The molecule has 0 radical (unpaired) electrons. The average Bonchev–Trinajstić information content (AvgIpc) is 2.46. The minimum atomic E-state index is -0.916. The van der Waals surface area contributed by atoms with Crippen LogP contribution in [0.4, 0.5) is 4.79 Å². The van der Waals surface area contributed by atoms with Crippen LogP contribution >= 0.6 is 23.2 Å². The number of rotatable bonds is 5. The van der Waals surface area contributed by atoms with Crippen LogP contribution in [0.25, 0.3) is 0 Å². The van der Waals surface area contributed by atoms with Gasteiger partial charge in [0, 0.05) is 23.5 Å². The Bertz CT molecular complexity index is 602. The number of carbonyl (C=O) groups excluding carboxylic acids is 2. The number of halogens is 2. The Hall–Kier alpha value is -1.50. The average molecular weight is 377 g/mol. The van der Waals surface area contributed by atoms with Gasteiger partial charge in [0.25, 0.3) is 5.91 Å². The fourth-order valence-corrected chi connectivity index (χ4v) is 2.27. The number of amides is 2. The maximum absolute atomic E-state index is 12.4. The van der Waals surface area contributed by atoms with Crippen LogP contribution in [0.2, 0.25) is 10.0 Å². The van der Waals surface area contributed by atoms with Crippen molar-refractivity contribution in [3.05, 3.63) is 33.8 Å². The number of hydrogen-bond acceptors (Lipinski definition) is 4. The summed E-state index contributed by atoms with van der Waals surface area (Å²) < 4.78 is 5.20. The predicted octanol–water partition coefficient (Wildman–Crippen LogP) is 3.45. The zero-order valence-electron chi connectivity index (χ0n) is 14.4. The normalized spacial score (nSPS) is 12.5. The molecule has 0 aromatic heterocycles. The van der Waals surface area contributed by atoms with E-state index in [1.165, 1.54) is 14.2 Å². The van der Waals surface area contributed by atoms with Crippen molar-refractivity contribution < 1.29 is 19.2 Å². The van der Waals surface area contributed by atoms with Crippen molar-refractivity contribution in [3.8, 4) is 0 Å². The minimum Gasteiger partial charge on any atom is -0.444 e. The molecule has 1 atom stereocenters. The number of alkyl carbamates (subject to hydrolysis) is 1. The maximum Gasteiger partial charge on any atom is 0.408 e. The molecule has 0 heterocycles. The Kier molecular flexibility index (Phi) is 7.32. The summed E-state index contributed by atoms with van der Waals surface area (Å²) in [5.74, 6) is -0.445. The molecule has 0 fully saturated rings. The first kappa shape index (κ1) is 20.5. The molecule has 0 aliphatic carbocycles. The SMILES string of the molecule is CON(C)C(=O)C(Cc1cc(Cl)ccc1Cl)NC(=O)OC(C)(C)C. The van der Waals surface area contributed by atoms with E-state index < -0.39 is 23.6 Å². The van der Waals surface area contributed by atoms with Gasteiger partial charge in [0.1, 0.15) is 11.6 Å². The third kappa shape index (κ3) is 6.55. The second kappa shape index (κ2) is 8.55. The van der Waals surface area contributed by atoms with Crippen LogP contribution in [0, 0.1) is 0 Å². The molecular weight excluding hydrogens is 355 g/mol. The second-order valence-corrected chi connectivity index (χ2v) is 7.00. The van der Waals surface area contributed by atoms with E-state index >= 15 is 0 Å². The third-order valence-corrected chi connectivity index (χ3v) is 3.61. The van der Waals surface area contributed by atoms with E-state index in [0.717, 1.165) is 5.06 Å². The number of nitrogens with zero attached hydrogens (tertiary/aromatic N) is 1. The lowest BCUT2D eigenvalue weighted by Crippen LogP contribution is -2.49. The van der Waals surface area contributed by atoms with E-state index in [2.05, 4.69) is 5.32 Å². The summed E-state index contributed by atoms with van der Waals surface area (Å²) in [7, 11) is 2.81. The van der Waals surface area contributed by atoms with Crippen LogP contribution in [-0.4, -0.2) is 42.9 Å². The first-order valence-electron chi connectivity index (χ1n) is 7.28. The lowest BCUT2D eigenvalue weighted by molar-refractivity contribution is -0.171. The number of hydrogen-bond donors (Lipinski definition) is 1. The highest BCUT2D eigenvalue weighted by Crippen LogP contribution is 2.22. The number of nitrogens with one attached hydrogen (secondary N) is 1. The Morgan fingerprint density at radius 3 is 2.46 bits per heavy atom. The molecule has 0 aliphatic heterocycles. The Morgan fingerprint density at radius 1 is 1.29 bits per heavy atom. The molecule has 0 bridgehead atoms. The van der Waals surface area contributed by atoms with Crippen LogP contribution in [0.3, 0.4) is 0 Å². The summed E-state index contributed by atoms with van der Waals surface area (Å²) in [6, 6.07) is 4.01. The molecule has 8 heteroatoms. The van der Waals surface area contributed by atoms with Crippen LogP contribution < -0.4 is 5.32 Å². The standard InChI is InChI=1S/C16H22Cl2N2O4/c1-16(2,3)24-15(22)19-13(14(21)20(4)23-5)9-10-8-11(17)6-7-12(10)18/h6-8,13H,9H2,1-5H3,(H,19,22). The highest BCUT2D eigenvalue weighted by Gasteiger charge is 2.28. The molecule has 0 aliphatic rings. The molecule has 1 unspecified atom stereocenters. The van der Waals surface area contributed by atoms with E-state index in [4.69, 9.17) is 32.8 Å². The number of carbonyl (C=O) groups is 2. The highest BCUT2D eigenvalue weighted by atomic mass is 35.5. The molecule has 1 rings (SSSR count). The second-order valence-electron chi connectivity index (χ2n) is 6.16. The molecule has 24 heavy (non-hydrogen) atoms. The van der Waals surface area contributed by atoms with Crippen molar-refractivity contribution in [3.63, 3.8) is 0 Å². The smallest absolute Gasteiger partial charge is 0.408 e. The molecule has 2 amide bonds. The van der Waals surface area contributed by atoms with Gasteiger partial charge in [-0.25, -0.2) is 9.86 Å². The van der Waals surface area contributed by atoms with Gasteiger partial charge in [-0.3, -0.25) is 9.63 Å². The van der Waals surface area contributed by atoms with Gasteiger partial charge >= 0.3 is 6.09 Å². The molecule has 0 saturated carbocycles. The van der Waals surface area contributed by atoms with E-state index in [-0.39, 0.29) is 6.42 Å². The van der Waals surface area contributed by atoms with Crippen LogP contribution in [0.15, 0.2) is 18.2 Å². The summed E-state index contributed by atoms with van der Waals surface area (Å²) in [4.78, 5) is 29.4. The van der Waals surface area contributed by atoms with Crippen LogP contribution in [0.5, 0.6) is 0 Å². The zero-order valence-corrected chi connectivity index (χ0v) is 15.9. The molecule has 6 nitrogen and oxygen atoms in total. The van der Waals surface area contributed by atoms with E-state index in [9.17, 15) is 9.59 Å². The van der Waals surface area contributed by atoms with Gasteiger partial charge in [-0.15, -0.1) is 0 Å². The number of ether oxygens (including phenoxy) is 1. The lowest BCUT2D eigenvalue weighted by atomic mass is 10.1. The Morgan fingerprint density at radius 2 is 1.92 bits per heavy atom. The van der Waals surface area contributed by atoms with Gasteiger partial charge in [0.15, 0.2) is 0 Å².